The van der Waals surface area contributed by atoms with Gasteiger partial charge in [-0.1, -0.05) is 44.6 Å². The minimum Gasteiger partial charge on any atom is -0.352 e. The number of hydrogen-bond acceptors (Lipinski definition) is 2. The Morgan fingerprint density at radius 2 is 1.62 bits per heavy atom. The molecule has 1 N–H and O–H groups in total. The SMILES string of the molecule is S=C1NC(c2ccccn2)C(c2ccn(C3CCCCC3)c2)N1C1CCCCC1. The van der Waals surface area contributed by atoms with Crippen molar-refractivity contribution in [3.63, 3.8) is 0 Å². The van der Waals surface area contributed by atoms with E-state index in [4.69, 9.17) is 17.2 Å². The maximum atomic E-state index is 5.89. The summed E-state index contributed by atoms with van der Waals surface area (Å²) >= 11 is 5.89. The molecule has 2 saturated carbocycles. The molecule has 0 aromatic carbocycles. The molecule has 2 aromatic heterocycles. The molecule has 5 rings (SSSR count). The van der Waals surface area contributed by atoms with Gasteiger partial charge in [-0.15, -0.1) is 0 Å². The van der Waals surface area contributed by atoms with Crippen molar-refractivity contribution in [2.45, 2.75) is 88.4 Å². The van der Waals surface area contributed by atoms with E-state index in [1.54, 1.807) is 0 Å². The molecule has 2 aliphatic carbocycles. The van der Waals surface area contributed by atoms with Crippen molar-refractivity contribution in [1.29, 1.82) is 0 Å². The largest absolute Gasteiger partial charge is 0.352 e. The van der Waals surface area contributed by atoms with Crippen LogP contribution in [-0.2, 0) is 0 Å². The minimum absolute atomic E-state index is 0.118. The summed E-state index contributed by atoms with van der Waals surface area (Å²) < 4.78 is 2.48. The van der Waals surface area contributed by atoms with Crippen LogP contribution in [0.5, 0.6) is 0 Å². The number of pyridine rings is 1. The van der Waals surface area contributed by atoms with Crippen molar-refractivity contribution in [2.24, 2.45) is 0 Å². The summed E-state index contributed by atoms with van der Waals surface area (Å²) in [6.07, 6.45) is 19.8. The van der Waals surface area contributed by atoms with Gasteiger partial charge in [0.1, 0.15) is 0 Å². The minimum atomic E-state index is 0.118. The van der Waals surface area contributed by atoms with Gasteiger partial charge in [0.05, 0.1) is 17.8 Å². The first-order chi connectivity index (χ1) is 14.3. The summed E-state index contributed by atoms with van der Waals surface area (Å²) in [6.45, 7) is 0. The van der Waals surface area contributed by atoms with Crippen LogP contribution < -0.4 is 5.32 Å². The standard InChI is InChI=1S/C24H32N4S/c29-24-26-22(21-13-7-8-15-25-21)23(28(24)20-11-5-2-6-12-20)18-14-16-27(17-18)19-9-3-1-4-10-19/h7-8,13-17,19-20,22-23H,1-6,9-12H2,(H,26,29). The van der Waals surface area contributed by atoms with Gasteiger partial charge < -0.3 is 14.8 Å². The van der Waals surface area contributed by atoms with Crippen LogP contribution in [0.25, 0.3) is 0 Å². The highest BCUT2D eigenvalue weighted by molar-refractivity contribution is 7.80. The highest BCUT2D eigenvalue weighted by Crippen LogP contribution is 2.43. The summed E-state index contributed by atoms with van der Waals surface area (Å²) in [4.78, 5) is 7.21. The Labute approximate surface area is 179 Å². The van der Waals surface area contributed by atoms with Crippen LogP contribution in [0.4, 0.5) is 0 Å². The molecular weight excluding hydrogens is 376 g/mol. The van der Waals surface area contributed by atoms with Gasteiger partial charge in [-0.25, -0.2) is 0 Å². The first-order valence-electron chi connectivity index (χ1n) is 11.5. The van der Waals surface area contributed by atoms with E-state index in [-0.39, 0.29) is 12.1 Å². The van der Waals surface area contributed by atoms with Crippen LogP contribution in [0.2, 0.25) is 0 Å². The van der Waals surface area contributed by atoms with Crippen molar-refractivity contribution >= 4 is 17.3 Å². The smallest absolute Gasteiger partial charge is 0.170 e. The molecule has 1 saturated heterocycles. The van der Waals surface area contributed by atoms with Gasteiger partial charge in [-0.3, -0.25) is 4.98 Å². The number of rotatable bonds is 4. The fourth-order valence-corrected chi connectivity index (χ4v) is 6.08. The Morgan fingerprint density at radius 3 is 2.31 bits per heavy atom. The number of nitrogens with one attached hydrogen (secondary N) is 1. The average molecular weight is 409 g/mol. The topological polar surface area (TPSA) is 33.1 Å². The molecule has 0 radical (unpaired) electrons. The van der Waals surface area contributed by atoms with E-state index in [0.717, 1.165) is 10.8 Å². The van der Waals surface area contributed by atoms with Crippen LogP contribution in [0.1, 0.15) is 93.6 Å². The molecule has 3 fully saturated rings. The Balaban J connectivity index is 1.49. The third-order valence-corrected chi connectivity index (χ3v) is 7.51. The van der Waals surface area contributed by atoms with Gasteiger partial charge in [-0.2, -0.15) is 0 Å². The van der Waals surface area contributed by atoms with Crippen LogP contribution in [0.3, 0.4) is 0 Å². The normalized spacial score (nSPS) is 26.6. The highest BCUT2D eigenvalue weighted by Gasteiger charge is 2.43. The molecule has 154 valence electrons. The third-order valence-electron chi connectivity index (χ3n) is 7.18. The van der Waals surface area contributed by atoms with E-state index in [2.05, 4.69) is 45.4 Å². The maximum absolute atomic E-state index is 5.89. The second kappa shape index (κ2) is 8.47. The van der Waals surface area contributed by atoms with Crippen molar-refractivity contribution < 1.29 is 0 Å². The van der Waals surface area contributed by atoms with Crippen LogP contribution in [-0.4, -0.2) is 25.6 Å². The first-order valence-corrected chi connectivity index (χ1v) is 11.9. The lowest BCUT2D eigenvalue weighted by Crippen LogP contribution is -2.40. The molecule has 0 bridgehead atoms. The maximum Gasteiger partial charge on any atom is 0.170 e. The van der Waals surface area contributed by atoms with Gasteiger partial charge in [0.15, 0.2) is 5.11 Å². The van der Waals surface area contributed by atoms with Gasteiger partial charge >= 0.3 is 0 Å². The Morgan fingerprint density at radius 1 is 0.897 bits per heavy atom. The van der Waals surface area contributed by atoms with E-state index in [1.165, 1.54) is 69.8 Å². The van der Waals surface area contributed by atoms with Crippen molar-refractivity contribution in [1.82, 2.24) is 19.8 Å². The monoisotopic (exact) mass is 408 g/mol. The molecule has 29 heavy (non-hydrogen) atoms. The number of aromatic nitrogens is 2. The quantitative estimate of drug-likeness (QED) is 0.659. The summed E-state index contributed by atoms with van der Waals surface area (Å²) in [7, 11) is 0. The van der Waals surface area contributed by atoms with Gasteiger partial charge in [-0.05, 0) is 61.7 Å². The second-order valence-corrected chi connectivity index (χ2v) is 9.40. The summed E-state index contributed by atoms with van der Waals surface area (Å²) in [5.41, 5.74) is 2.47. The van der Waals surface area contributed by atoms with E-state index in [9.17, 15) is 0 Å². The van der Waals surface area contributed by atoms with E-state index in [0.29, 0.717) is 12.1 Å². The van der Waals surface area contributed by atoms with Gasteiger partial charge in [0.2, 0.25) is 0 Å². The van der Waals surface area contributed by atoms with Crippen molar-refractivity contribution in [2.75, 3.05) is 0 Å². The highest BCUT2D eigenvalue weighted by atomic mass is 32.1. The van der Waals surface area contributed by atoms with Crippen LogP contribution in [0, 0.1) is 0 Å². The first kappa shape index (κ1) is 19.1. The van der Waals surface area contributed by atoms with Crippen molar-refractivity contribution in [3.8, 4) is 0 Å². The summed E-state index contributed by atoms with van der Waals surface area (Å²) in [5, 5.41) is 4.55. The zero-order valence-corrected chi connectivity index (χ0v) is 18.0. The summed E-state index contributed by atoms with van der Waals surface area (Å²) in [5.74, 6) is 0. The molecule has 1 aliphatic heterocycles. The molecular formula is C24H32N4S. The Hall–Kier alpha value is -1.88. The average Bonchev–Trinajstić information content (AvgIpc) is 3.40. The van der Waals surface area contributed by atoms with Crippen LogP contribution in [0.15, 0.2) is 42.9 Å². The third kappa shape index (κ3) is 3.81. The lowest BCUT2D eigenvalue weighted by atomic mass is 9.91. The van der Waals surface area contributed by atoms with Crippen LogP contribution >= 0.6 is 12.2 Å². The predicted octanol–water partition coefficient (Wildman–Crippen LogP) is 5.69. The summed E-state index contributed by atoms with van der Waals surface area (Å²) in [6, 6.07) is 10.1. The number of nitrogens with zero attached hydrogens (tertiary/aromatic N) is 3. The van der Waals surface area contributed by atoms with E-state index >= 15 is 0 Å². The lowest BCUT2D eigenvalue weighted by molar-refractivity contribution is 0.197. The van der Waals surface area contributed by atoms with Gasteiger partial charge in [0.25, 0.3) is 0 Å². The molecule has 2 atom stereocenters. The Bertz CT molecular complexity index is 820. The molecule has 3 aliphatic rings. The fourth-order valence-electron chi connectivity index (χ4n) is 5.69. The van der Waals surface area contributed by atoms with Gasteiger partial charge in [0, 0.05) is 30.7 Å². The zero-order valence-electron chi connectivity index (χ0n) is 17.2. The molecule has 3 heterocycles. The number of hydrogen-bond donors (Lipinski definition) is 1. The van der Waals surface area contributed by atoms with Crippen molar-refractivity contribution in [3.05, 3.63) is 54.1 Å². The van der Waals surface area contributed by atoms with E-state index < -0.39 is 0 Å². The zero-order chi connectivity index (χ0) is 19.6. The molecule has 4 nitrogen and oxygen atoms in total. The molecule has 0 spiro atoms. The lowest BCUT2D eigenvalue weighted by Gasteiger charge is -2.36. The van der Waals surface area contributed by atoms with E-state index in [1.807, 2.05) is 12.3 Å². The fraction of sp³-hybridized carbons (Fsp3) is 0.583. The number of thiocarbonyl (C=S) groups is 1. The molecule has 5 heteroatoms. The molecule has 0 amide bonds. The Kier molecular flexibility index (Phi) is 5.58. The predicted molar refractivity (Wildman–Crippen MR) is 121 cm³/mol. The second-order valence-electron chi connectivity index (χ2n) is 9.01. The molecule has 2 aromatic rings. The molecule has 2 unspecified atom stereocenters.